The van der Waals surface area contributed by atoms with Gasteiger partial charge in [-0.05, 0) is 61.9 Å². The van der Waals surface area contributed by atoms with Crippen LogP contribution in [0, 0.1) is 11.8 Å². The van der Waals surface area contributed by atoms with Crippen LogP contribution in [0.5, 0.6) is 5.75 Å². The third-order valence-corrected chi connectivity index (χ3v) is 5.76. The van der Waals surface area contributed by atoms with Crippen molar-refractivity contribution < 1.29 is 9.53 Å². The third kappa shape index (κ3) is 5.11. The Morgan fingerprint density at radius 3 is 2.72 bits per heavy atom. The first-order valence-corrected chi connectivity index (χ1v) is 9.30. The molecule has 0 aromatic heterocycles. The number of benzene rings is 1. The minimum atomic E-state index is 0. The van der Waals surface area contributed by atoms with Crippen molar-refractivity contribution in [3.05, 3.63) is 29.8 Å². The summed E-state index contributed by atoms with van der Waals surface area (Å²) in [6.07, 6.45) is 4.27. The zero-order valence-corrected chi connectivity index (χ0v) is 16.2. The molecule has 4 nitrogen and oxygen atoms in total. The van der Waals surface area contributed by atoms with Gasteiger partial charge in [0.25, 0.3) is 0 Å². The Labute approximate surface area is 157 Å². The smallest absolute Gasteiger partial charge is 0.222 e. The molecule has 1 aromatic rings. The number of methoxy groups -OCH3 is 1. The van der Waals surface area contributed by atoms with Gasteiger partial charge in [0, 0.05) is 25.4 Å². The molecule has 1 N–H and O–H groups in total. The van der Waals surface area contributed by atoms with E-state index in [0.717, 1.165) is 38.3 Å². The van der Waals surface area contributed by atoms with Crippen LogP contribution in [0.2, 0.25) is 0 Å². The summed E-state index contributed by atoms with van der Waals surface area (Å²) in [7, 11) is 1.69. The summed E-state index contributed by atoms with van der Waals surface area (Å²) in [6, 6.07) is 8.29. The molecule has 2 aliphatic rings. The van der Waals surface area contributed by atoms with Gasteiger partial charge in [0.2, 0.25) is 5.91 Å². The summed E-state index contributed by atoms with van der Waals surface area (Å²) in [6.45, 7) is 6.20. The standard InChI is InChI=1S/C20H30N2O2.ClH/c1-15(17-4-3-10-21-13-17)12-20(23)22-11-9-18(14-22)16-5-7-19(24-2)8-6-16;/h5-8,15,17-18,21H,3-4,9-14H2,1-2H3;1H. The van der Waals surface area contributed by atoms with E-state index in [9.17, 15) is 4.79 Å². The van der Waals surface area contributed by atoms with Crippen LogP contribution in [0.25, 0.3) is 0 Å². The number of halogens is 1. The molecule has 2 aliphatic heterocycles. The molecule has 2 fully saturated rings. The Balaban J connectivity index is 0.00000225. The van der Waals surface area contributed by atoms with Crippen molar-refractivity contribution in [3.63, 3.8) is 0 Å². The molecule has 140 valence electrons. The monoisotopic (exact) mass is 366 g/mol. The van der Waals surface area contributed by atoms with Gasteiger partial charge < -0.3 is 15.0 Å². The normalized spacial score (nSPS) is 24.5. The highest BCUT2D eigenvalue weighted by Gasteiger charge is 2.29. The van der Waals surface area contributed by atoms with Crippen molar-refractivity contribution >= 4 is 18.3 Å². The number of hydrogen-bond donors (Lipinski definition) is 1. The zero-order valence-electron chi connectivity index (χ0n) is 15.4. The van der Waals surface area contributed by atoms with Gasteiger partial charge in [0.1, 0.15) is 5.75 Å². The summed E-state index contributed by atoms with van der Waals surface area (Å²) in [4.78, 5) is 14.7. The summed E-state index contributed by atoms with van der Waals surface area (Å²) in [5, 5.41) is 3.46. The van der Waals surface area contributed by atoms with Gasteiger partial charge in [0.05, 0.1) is 7.11 Å². The molecule has 25 heavy (non-hydrogen) atoms. The molecule has 2 heterocycles. The van der Waals surface area contributed by atoms with Crippen LogP contribution < -0.4 is 10.1 Å². The van der Waals surface area contributed by atoms with Crippen molar-refractivity contribution in [1.29, 1.82) is 0 Å². The number of rotatable bonds is 5. The topological polar surface area (TPSA) is 41.6 Å². The van der Waals surface area contributed by atoms with Crippen molar-refractivity contribution in [1.82, 2.24) is 10.2 Å². The van der Waals surface area contributed by atoms with Gasteiger partial charge in [-0.2, -0.15) is 0 Å². The molecule has 1 amide bonds. The lowest BCUT2D eigenvalue weighted by atomic mass is 9.85. The molecule has 0 saturated carbocycles. The van der Waals surface area contributed by atoms with E-state index in [1.54, 1.807) is 7.11 Å². The number of piperidine rings is 1. The first-order chi connectivity index (χ1) is 11.7. The Hall–Kier alpha value is -1.26. The van der Waals surface area contributed by atoms with Crippen molar-refractivity contribution in [2.24, 2.45) is 11.8 Å². The van der Waals surface area contributed by atoms with Crippen LogP contribution in [0.1, 0.15) is 44.1 Å². The predicted molar refractivity (Wildman–Crippen MR) is 104 cm³/mol. The van der Waals surface area contributed by atoms with Gasteiger partial charge in [-0.3, -0.25) is 4.79 Å². The van der Waals surface area contributed by atoms with E-state index in [-0.39, 0.29) is 12.4 Å². The zero-order chi connectivity index (χ0) is 16.9. The largest absolute Gasteiger partial charge is 0.497 e. The Bertz CT molecular complexity index is 543. The summed E-state index contributed by atoms with van der Waals surface area (Å²) < 4.78 is 5.22. The fourth-order valence-corrected chi connectivity index (χ4v) is 4.07. The van der Waals surface area contributed by atoms with Crippen LogP contribution in [0.3, 0.4) is 0 Å². The van der Waals surface area contributed by atoms with E-state index in [0.29, 0.717) is 30.1 Å². The molecule has 0 spiro atoms. The summed E-state index contributed by atoms with van der Waals surface area (Å²) >= 11 is 0. The highest BCUT2D eigenvalue weighted by atomic mass is 35.5. The lowest BCUT2D eigenvalue weighted by Crippen LogP contribution is -2.36. The van der Waals surface area contributed by atoms with E-state index in [2.05, 4.69) is 29.3 Å². The van der Waals surface area contributed by atoms with E-state index < -0.39 is 0 Å². The van der Waals surface area contributed by atoms with Gasteiger partial charge in [-0.25, -0.2) is 0 Å². The fourth-order valence-electron chi connectivity index (χ4n) is 4.07. The molecule has 2 saturated heterocycles. The fraction of sp³-hybridized carbons (Fsp3) is 0.650. The van der Waals surface area contributed by atoms with Crippen molar-refractivity contribution in [3.8, 4) is 5.75 Å². The predicted octanol–water partition coefficient (Wildman–Crippen LogP) is 3.46. The van der Waals surface area contributed by atoms with Gasteiger partial charge >= 0.3 is 0 Å². The Morgan fingerprint density at radius 2 is 2.08 bits per heavy atom. The van der Waals surface area contributed by atoms with Gasteiger partial charge in [-0.1, -0.05) is 19.1 Å². The summed E-state index contributed by atoms with van der Waals surface area (Å²) in [5.74, 6) is 2.82. The van der Waals surface area contributed by atoms with Crippen LogP contribution in [0.15, 0.2) is 24.3 Å². The first kappa shape index (κ1) is 20.1. The Morgan fingerprint density at radius 1 is 1.32 bits per heavy atom. The Kier molecular flexibility index (Phi) is 7.57. The lowest BCUT2D eigenvalue weighted by Gasteiger charge is -2.29. The summed E-state index contributed by atoms with van der Waals surface area (Å²) in [5.41, 5.74) is 1.32. The van der Waals surface area contributed by atoms with Gasteiger partial charge in [-0.15, -0.1) is 12.4 Å². The second-order valence-electron chi connectivity index (χ2n) is 7.39. The quantitative estimate of drug-likeness (QED) is 0.867. The van der Waals surface area contributed by atoms with Crippen LogP contribution in [-0.2, 0) is 4.79 Å². The average molecular weight is 367 g/mol. The molecule has 5 heteroatoms. The lowest BCUT2D eigenvalue weighted by molar-refractivity contribution is -0.131. The first-order valence-electron chi connectivity index (χ1n) is 9.30. The number of likely N-dealkylation sites (tertiary alicyclic amines) is 1. The molecule has 3 atom stereocenters. The highest BCUT2D eigenvalue weighted by Crippen LogP contribution is 2.30. The SMILES string of the molecule is COc1ccc(C2CCN(C(=O)CC(C)C3CCCNC3)C2)cc1.Cl. The average Bonchev–Trinajstić information content (AvgIpc) is 3.13. The number of carbonyl (C=O) groups is 1. The number of nitrogens with one attached hydrogen (secondary N) is 1. The van der Waals surface area contributed by atoms with Crippen LogP contribution in [-0.4, -0.2) is 44.1 Å². The second kappa shape index (κ2) is 9.44. The highest BCUT2D eigenvalue weighted by molar-refractivity contribution is 5.85. The van der Waals surface area contributed by atoms with Crippen molar-refractivity contribution in [2.75, 3.05) is 33.3 Å². The minimum absolute atomic E-state index is 0. The molecule has 3 unspecified atom stereocenters. The number of carbonyl (C=O) groups excluding carboxylic acids is 1. The number of hydrogen-bond acceptors (Lipinski definition) is 3. The molecule has 0 aliphatic carbocycles. The van der Waals surface area contributed by atoms with Crippen LogP contribution in [0.4, 0.5) is 0 Å². The number of nitrogens with zero attached hydrogens (tertiary/aromatic N) is 1. The van der Waals surface area contributed by atoms with E-state index >= 15 is 0 Å². The van der Waals surface area contributed by atoms with Crippen molar-refractivity contribution in [2.45, 2.75) is 38.5 Å². The molecule has 3 rings (SSSR count). The van der Waals surface area contributed by atoms with E-state index in [4.69, 9.17) is 4.74 Å². The molecule has 0 radical (unpaired) electrons. The number of ether oxygens (including phenoxy) is 1. The van der Waals surface area contributed by atoms with E-state index in [1.807, 2.05) is 12.1 Å². The van der Waals surface area contributed by atoms with Gasteiger partial charge in [0.15, 0.2) is 0 Å². The third-order valence-electron chi connectivity index (χ3n) is 5.76. The molecule has 1 aromatic carbocycles. The minimum Gasteiger partial charge on any atom is -0.497 e. The maximum atomic E-state index is 12.7. The molecular formula is C20H31ClN2O2. The second-order valence-corrected chi connectivity index (χ2v) is 7.39. The van der Waals surface area contributed by atoms with Crippen LogP contribution >= 0.6 is 12.4 Å². The molecule has 0 bridgehead atoms. The van der Waals surface area contributed by atoms with E-state index in [1.165, 1.54) is 18.4 Å². The molecular weight excluding hydrogens is 336 g/mol. The maximum Gasteiger partial charge on any atom is 0.222 e. The number of amides is 1. The maximum absolute atomic E-state index is 12.7.